The van der Waals surface area contributed by atoms with Gasteiger partial charge in [-0.25, -0.2) is 13.8 Å². The van der Waals surface area contributed by atoms with Gasteiger partial charge in [-0.15, -0.1) is 0 Å². The molecule has 0 atom stereocenters. The second kappa shape index (κ2) is 5.22. The van der Waals surface area contributed by atoms with Crippen LogP contribution in [0, 0.1) is 11.6 Å². The molecule has 0 radical (unpaired) electrons. The van der Waals surface area contributed by atoms with Crippen LogP contribution < -0.4 is 5.32 Å². The van der Waals surface area contributed by atoms with Crippen LogP contribution in [-0.4, -0.2) is 10.9 Å². The van der Waals surface area contributed by atoms with Crippen molar-refractivity contribution in [3.05, 3.63) is 58.3 Å². The van der Waals surface area contributed by atoms with Crippen molar-refractivity contribution in [3.8, 4) is 0 Å². The van der Waals surface area contributed by atoms with Gasteiger partial charge in [0.05, 0.1) is 5.69 Å². The van der Waals surface area contributed by atoms with Gasteiger partial charge in [-0.2, -0.15) is 0 Å². The first-order valence-electron chi connectivity index (χ1n) is 4.95. The molecule has 1 heterocycles. The van der Waals surface area contributed by atoms with Gasteiger partial charge in [-0.05, 0) is 40.2 Å². The van der Waals surface area contributed by atoms with E-state index >= 15 is 0 Å². The first-order chi connectivity index (χ1) is 8.56. The fraction of sp³-hybridized carbons (Fsp3) is 0. The average molecular weight is 313 g/mol. The fourth-order valence-electron chi connectivity index (χ4n) is 1.31. The highest BCUT2D eigenvalue weighted by Crippen LogP contribution is 2.16. The zero-order valence-electron chi connectivity index (χ0n) is 8.95. The van der Waals surface area contributed by atoms with Crippen LogP contribution in [0.1, 0.15) is 10.5 Å². The summed E-state index contributed by atoms with van der Waals surface area (Å²) in [5.74, 6) is -1.95. The van der Waals surface area contributed by atoms with Crippen molar-refractivity contribution in [2.45, 2.75) is 0 Å². The standard InChI is InChI=1S/C12H7BrF2N2O/c13-11-3-1-2-9(16-11)12(18)17-10-6-7(14)4-5-8(10)15/h1-6H,(H,17,18). The van der Waals surface area contributed by atoms with E-state index in [1.54, 1.807) is 12.1 Å². The number of carbonyl (C=O) groups is 1. The molecule has 0 bridgehead atoms. The Morgan fingerprint density at radius 2 is 2.00 bits per heavy atom. The van der Waals surface area contributed by atoms with Crippen LogP contribution in [-0.2, 0) is 0 Å². The highest BCUT2D eigenvalue weighted by atomic mass is 79.9. The minimum atomic E-state index is -0.709. The zero-order valence-corrected chi connectivity index (χ0v) is 10.5. The molecule has 6 heteroatoms. The summed E-state index contributed by atoms with van der Waals surface area (Å²) in [6.45, 7) is 0. The van der Waals surface area contributed by atoms with Gasteiger partial charge < -0.3 is 5.32 Å². The molecule has 0 aliphatic heterocycles. The molecule has 18 heavy (non-hydrogen) atoms. The first-order valence-corrected chi connectivity index (χ1v) is 5.74. The molecule has 0 unspecified atom stereocenters. The van der Waals surface area contributed by atoms with Crippen LogP contribution >= 0.6 is 15.9 Å². The van der Waals surface area contributed by atoms with Crippen molar-refractivity contribution < 1.29 is 13.6 Å². The minimum absolute atomic E-state index is 0.105. The Balaban J connectivity index is 2.24. The number of hydrogen-bond acceptors (Lipinski definition) is 2. The van der Waals surface area contributed by atoms with Crippen molar-refractivity contribution in [2.24, 2.45) is 0 Å². The molecule has 2 rings (SSSR count). The SMILES string of the molecule is O=C(Nc1cc(F)ccc1F)c1cccc(Br)n1. The molecule has 0 aliphatic rings. The summed E-state index contributed by atoms with van der Waals surface area (Å²) >= 11 is 3.12. The van der Waals surface area contributed by atoms with Crippen LogP contribution in [0.2, 0.25) is 0 Å². The number of nitrogens with one attached hydrogen (secondary N) is 1. The number of amides is 1. The van der Waals surface area contributed by atoms with Crippen molar-refractivity contribution in [1.82, 2.24) is 4.98 Å². The molecular weight excluding hydrogens is 306 g/mol. The topological polar surface area (TPSA) is 42.0 Å². The van der Waals surface area contributed by atoms with Gasteiger partial charge in [-0.1, -0.05) is 6.07 Å². The quantitative estimate of drug-likeness (QED) is 0.864. The maximum Gasteiger partial charge on any atom is 0.274 e. The van der Waals surface area contributed by atoms with Crippen LogP contribution in [0.4, 0.5) is 14.5 Å². The molecule has 0 saturated heterocycles. The number of nitrogens with zero attached hydrogens (tertiary/aromatic N) is 1. The maximum atomic E-state index is 13.3. The van der Waals surface area contributed by atoms with Gasteiger partial charge in [-0.3, -0.25) is 4.79 Å². The molecule has 2 aromatic rings. The predicted octanol–water partition coefficient (Wildman–Crippen LogP) is 3.37. The van der Waals surface area contributed by atoms with Crippen molar-refractivity contribution in [3.63, 3.8) is 0 Å². The number of pyridine rings is 1. The molecule has 0 fully saturated rings. The smallest absolute Gasteiger partial charge is 0.274 e. The van der Waals surface area contributed by atoms with Crippen LogP contribution in [0.15, 0.2) is 41.0 Å². The minimum Gasteiger partial charge on any atom is -0.318 e. The van der Waals surface area contributed by atoms with Crippen LogP contribution in [0.25, 0.3) is 0 Å². The highest BCUT2D eigenvalue weighted by Gasteiger charge is 2.11. The predicted molar refractivity (Wildman–Crippen MR) is 66.2 cm³/mol. The zero-order chi connectivity index (χ0) is 13.1. The molecule has 0 spiro atoms. The summed E-state index contributed by atoms with van der Waals surface area (Å²) < 4.78 is 26.7. The van der Waals surface area contributed by atoms with E-state index in [-0.39, 0.29) is 11.4 Å². The molecule has 1 N–H and O–H groups in total. The summed E-state index contributed by atoms with van der Waals surface area (Å²) in [6.07, 6.45) is 0. The number of anilines is 1. The van der Waals surface area contributed by atoms with Crippen LogP contribution in [0.5, 0.6) is 0 Å². The second-order valence-corrected chi connectivity index (χ2v) is 4.24. The van der Waals surface area contributed by atoms with E-state index < -0.39 is 17.5 Å². The number of aromatic nitrogens is 1. The molecule has 1 aromatic carbocycles. The van der Waals surface area contributed by atoms with Gasteiger partial charge >= 0.3 is 0 Å². The first kappa shape index (κ1) is 12.6. The lowest BCUT2D eigenvalue weighted by Crippen LogP contribution is -2.14. The lowest BCUT2D eigenvalue weighted by Gasteiger charge is -2.06. The third-order valence-corrected chi connectivity index (χ3v) is 2.57. The number of benzene rings is 1. The summed E-state index contributed by atoms with van der Waals surface area (Å²) in [7, 11) is 0. The monoisotopic (exact) mass is 312 g/mol. The Morgan fingerprint density at radius 1 is 1.22 bits per heavy atom. The van der Waals surface area contributed by atoms with E-state index in [2.05, 4.69) is 26.2 Å². The average Bonchev–Trinajstić information content (AvgIpc) is 2.34. The third-order valence-electron chi connectivity index (χ3n) is 2.12. The largest absolute Gasteiger partial charge is 0.318 e. The maximum absolute atomic E-state index is 13.3. The number of rotatable bonds is 2. The van der Waals surface area contributed by atoms with E-state index in [0.717, 1.165) is 18.2 Å². The van der Waals surface area contributed by atoms with Crippen molar-refractivity contribution in [2.75, 3.05) is 5.32 Å². The van der Waals surface area contributed by atoms with Crippen molar-refractivity contribution in [1.29, 1.82) is 0 Å². The molecule has 0 saturated carbocycles. The van der Waals surface area contributed by atoms with Gasteiger partial charge in [0.15, 0.2) is 0 Å². The summed E-state index contributed by atoms with van der Waals surface area (Å²) in [5, 5.41) is 2.26. The Kier molecular flexibility index (Phi) is 3.66. The van der Waals surface area contributed by atoms with Gasteiger partial charge in [0.2, 0.25) is 0 Å². The summed E-state index contributed by atoms with van der Waals surface area (Å²) in [5.41, 5.74) is -0.116. The number of carbonyl (C=O) groups excluding carboxylic acids is 1. The molecule has 92 valence electrons. The van der Waals surface area contributed by atoms with E-state index in [9.17, 15) is 13.6 Å². The molecule has 1 amide bonds. The Morgan fingerprint density at radius 3 is 2.72 bits per heavy atom. The van der Waals surface area contributed by atoms with Gasteiger partial charge in [0.1, 0.15) is 21.9 Å². The molecule has 0 aliphatic carbocycles. The second-order valence-electron chi connectivity index (χ2n) is 3.42. The van der Waals surface area contributed by atoms with Crippen LogP contribution in [0.3, 0.4) is 0 Å². The van der Waals surface area contributed by atoms with Gasteiger partial charge in [0, 0.05) is 6.07 Å². The Bertz CT molecular complexity index is 604. The lowest BCUT2D eigenvalue weighted by molar-refractivity contribution is 0.102. The van der Waals surface area contributed by atoms with Gasteiger partial charge in [0.25, 0.3) is 5.91 Å². The molecule has 3 nitrogen and oxygen atoms in total. The van der Waals surface area contributed by atoms with E-state index in [0.29, 0.717) is 4.60 Å². The molecule has 1 aromatic heterocycles. The van der Waals surface area contributed by atoms with E-state index in [1.807, 2.05) is 0 Å². The highest BCUT2D eigenvalue weighted by molar-refractivity contribution is 9.10. The number of hydrogen-bond donors (Lipinski definition) is 1. The summed E-state index contributed by atoms with van der Waals surface area (Å²) in [6, 6.07) is 7.57. The van der Waals surface area contributed by atoms with E-state index in [4.69, 9.17) is 0 Å². The lowest BCUT2D eigenvalue weighted by atomic mass is 10.2. The third kappa shape index (κ3) is 2.89. The van der Waals surface area contributed by atoms with Crippen molar-refractivity contribution >= 4 is 27.5 Å². The Hall–Kier alpha value is -1.82. The normalized spacial score (nSPS) is 10.2. The van der Waals surface area contributed by atoms with E-state index in [1.165, 1.54) is 6.07 Å². The fourth-order valence-corrected chi connectivity index (χ4v) is 1.66. The molecular formula is C12H7BrF2N2O. The number of halogens is 3. The Labute approximate surface area is 110 Å². The summed E-state index contributed by atoms with van der Waals surface area (Å²) in [4.78, 5) is 15.7.